The van der Waals surface area contributed by atoms with Crippen molar-refractivity contribution in [3.63, 3.8) is 0 Å². The topological polar surface area (TPSA) is 26.3 Å². The Bertz CT molecular complexity index is 188. The first-order chi connectivity index (χ1) is 5.23. The van der Waals surface area contributed by atoms with Crippen molar-refractivity contribution in [3.8, 4) is 0 Å². The third-order valence-corrected chi connectivity index (χ3v) is 2.93. The second kappa shape index (κ2) is 2.31. The molecule has 1 saturated carbocycles. The number of ether oxygens (including phenoxy) is 1. The first-order valence-corrected chi connectivity index (χ1v) is 4.40. The molecule has 0 aromatic carbocycles. The van der Waals surface area contributed by atoms with Crippen molar-refractivity contribution in [2.75, 3.05) is 6.61 Å². The maximum absolute atomic E-state index is 11.4. The average Bonchev–Trinajstić information content (AvgIpc) is 2.46. The van der Waals surface area contributed by atoms with Crippen molar-refractivity contribution < 1.29 is 9.53 Å². The third kappa shape index (κ3) is 1.00. The largest absolute Gasteiger partial charge is 0.367 e. The first-order valence-electron chi connectivity index (χ1n) is 4.40. The van der Waals surface area contributed by atoms with E-state index >= 15 is 0 Å². The van der Waals surface area contributed by atoms with E-state index in [-0.39, 0.29) is 5.60 Å². The zero-order valence-electron chi connectivity index (χ0n) is 6.93. The monoisotopic (exact) mass is 154 g/mol. The minimum absolute atomic E-state index is 0.320. The number of rotatable bonds is 0. The number of hydrogen-bond donors (Lipinski definition) is 0. The molecule has 2 aliphatic rings. The number of carbonyl (C=O) groups is 1. The summed E-state index contributed by atoms with van der Waals surface area (Å²) in [5.74, 6) is 1.03. The van der Waals surface area contributed by atoms with E-state index in [1.165, 1.54) is 0 Å². The predicted molar refractivity (Wildman–Crippen MR) is 41.3 cm³/mol. The van der Waals surface area contributed by atoms with Gasteiger partial charge >= 0.3 is 0 Å². The van der Waals surface area contributed by atoms with E-state index in [1.54, 1.807) is 0 Å². The fourth-order valence-corrected chi connectivity index (χ4v) is 2.28. The molecule has 11 heavy (non-hydrogen) atoms. The molecule has 1 saturated heterocycles. The molecule has 0 aromatic rings. The Hall–Kier alpha value is -0.370. The molecule has 2 nitrogen and oxygen atoms in total. The van der Waals surface area contributed by atoms with E-state index < -0.39 is 0 Å². The molecule has 2 rings (SSSR count). The van der Waals surface area contributed by atoms with Gasteiger partial charge in [-0.3, -0.25) is 4.79 Å². The van der Waals surface area contributed by atoms with Crippen LogP contribution in [0.25, 0.3) is 0 Å². The Kier molecular flexibility index (Phi) is 1.53. The van der Waals surface area contributed by atoms with Gasteiger partial charge in [0.15, 0.2) is 5.78 Å². The average molecular weight is 154 g/mol. The Balaban J connectivity index is 2.16. The molecule has 2 unspecified atom stereocenters. The zero-order valence-corrected chi connectivity index (χ0v) is 6.93. The molecule has 1 aliphatic heterocycles. The SMILES string of the molecule is CC1CCC2(C1)OCCC2=O. The molecular formula is C9H14O2. The van der Waals surface area contributed by atoms with Crippen molar-refractivity contribution >= 4 is 5.78 Å². The van der Waals surface area contributed by atoms with E-state index in [0.29, 0.717) is 24.7 Å². The highest BCUT2D eigenvalue weighted by Crippen LogP contribution is 2.41. The van der Waals surface area contributed by atoms with Crippen LogP contribution in [0.2, 0.25) is 0 Å². The van der Waals surface area contributed by atoms with Gasteiger partial charge in [-0.15, -0.1) is 0 Å². The minimum Gasteiger partial charge on any atom is -0.367 e. The third-order valence-electron chi connectivity index (χ3n) is 2.93. The summed E-state index contributed by atoms with van der Waals surface area (Å²) in [6, 6.07) is 0. The highest BCUT2D eigenvalue weighted by molar-refractivity contribution is 5.89. The van der Waals surface area contributed by atoms with Crippen LogP contribution in [0, 0.1) is 5.92 Å². The second-order valence-corrected chi connectivity index (χ2v) is 3.86. The molecule has 0 N–H and O–H groups in total. The highest BCUT2D eigenvalue weighted by atomic mass is 16.5. The molecule has 0 bridgehead atoms. The van der Waals surface area contributed by atoms with Gasteiger partial charge in [-0.25, -0.2) is 0 Å². The summed E-state index contributed by atoms with van der Waals surface area (Å²) in [5, 5.41) is 0. The predicted octanol–water partition coefficient (Wildman–Crippen LogP) is 1.53. The summed E-state index contributed by atoms with van der Waals surface area (Å²) < 4.78 is 5.53. The Morgan fingerprint density at radius 1 is 1.64 bits per heavy atom. The molecule has 0 radical (unpaired) electrons. The zero-order chi connectivity index (χ0) is 7.90. The van der Waals surface area contributed by atoms with Crippen LogP contribution in [0.1, 0.15) is 32.6 Å². The van der Waals surface area contributed by atoms with Gasteiger partial charge in [0.05, 0.1) is 6.61 Å². The molecule has 1 heterocycles. The lowest BCUT2D eigenvalue weighted by Crippen LogP contribution is -2.32. The van der Waals surface area contributed by atoms with Gasteiger partial charge in [-0.2, -0.15) is 0 Å². The van der Waals surface area contributed by atoms with E-state index in [9.17, 15) is 4.79 Å². The van der Waals surface area contributed by atoms with Crippen LogP contribution in [0.15, 0.2) is 0 Å². The van der Waals surface area contributed by atoms with Gasteiger partial charge in [0.25, 0.3) is 0 Å². The van der Waals surface area contributed by atoms with E-state index in [2.05, 4.69) is 6.92 Å². The van der Waals surface area contributed by atoms with E-state index in [1.807, 2.05) is 0 Å². The van der Waals surface area contributed by atoms with Gasteiger partial charge in [0.1, 0.15) is 5.60 Å². The molecule has 62 valence electrons. The molecule has 0 aromatic heterocycles. The summed E-state index contributed by atoms with van der Waals surface area (Å²) in [6.45, 7) is 2.86. The fourth-order valence-electron chi connectivity index (χ4n) is 2.28. The van der Waals surface area contributed by atoms with E-state index in [0.717, 1.165) is 19.3 Å². The number of carbonyl (C=O) groups excluding carboxylic acids is 1. The molecule has 2 heteroatoms. The van der Waals surface area contributed by atoms with Crippen LogP contribution >= 0.6 is 0 Å². The normalized spacial score (nSPS) is 44.1. The van der Waals surface area contributed by atoms with Crippen LogP contribution in [0.4, 0.5) is 0 Å². The Labute approximate surface area is 66.9 Å². The quantitative estimate of drug-likeness (QED) is 0.529. The van der Waals surface area contributed by atoms with Gasteiger partial charge in [-0.05, 0) is 25.2 Å². The van der Waals surface area contributed by atoms with Crippen LogP contribution in [-0.2, 0) is 9.53 Å². The molecule has 2 fully saturated rings. The smallest absolute Gasteiger partial charge is 0.166 e. The molecule has 1 aliphatic carbocycles. The Morgan fingerprint density at radius 3 is 2.91 bits per heavy atom. The van der Waals surface area contributed by atoms with Gasteiger partial charge in [-0.1, -0.05) is 6.92 Å². The summed E-state index contributed by atoms with van der Waals surface area (Å²) in [6.07, 6.45) is 3.73. The summed E-state index contributed by atoms with van der Waals surface area (Å²) >= 11 is 0. The fraction of sp³-hybridized carbons (Fsp3) is 0.889. The highest BCUT2D eigenvalue weighted by Gasteiger charge is 2.47. The lowest BCUT2D eigenvalue weighted by molar-refractivity contribution is -0.131. The number of hydrogen-bond acceptors (Lipinski definition) is 2. The van der Waals surface area contributed by atoms with Gasteiger partial charge in [0, 0.05) is 6.42 Å². The second-order valence-electron chi connectivity index (χ2n) is 3.86. The maximum atomic E-state index is 11.4. The van der Waals surface area contributed by atoms with Crippen molar-refractivity contribution in [2.24, 2.45) is 5.92 Å². The molecule has 1 spiro atoms. The summed E-state index contributed by atoms with van der Waals surface area (Å²) in [7, 11) is 0. The van der Waals surface area contributed by atoms with Crippen molar-refractivity contribution in [1.29, 1.82) is 0 Å². The van der Waals surface area contributed by atoms with Crippen LogP contribution in [0.5, 0.6) is 0 Å². The number of ketones is 1. The van der Waals surface area contributed by atoms with Crippen LogP contribution < -0.4 is 0 Å². The lowest BCUT2D eigenvalue weighted by atomic mass is 9.96. The van der Waals surface area contributed by atoms with Crippen molar-refractivity contribution in [1.82, 2.24) is 0 Å². The van der Waals surface area contributed by atoms with Crippen LogP contribution in [-0.4, -0.2) is 18.0 Å². The van der Waals surface area contributed by atoms with Crippen LogP contribution in [0.3, 0.4) is 0 Å². The molecule has 2 atom stereocenters. The standard InChI is InChI=1S/C9H14O2/c1-7-2-4-9(6-7)8(10)3-5-11-9/h7H,2-6H2,1H3. The van der Waals surface area contributed by atoms with Gasteiger partial charge in [0.2, 0.25) is 0 Å². The maximum Gasteiger partial charge on any atom is 0.166 e. The molecular weight excluding hydrogens is 140 g/mol. The van der Waals surface area contributed by atoms with Crippen molar-refractivity contribution in [2.45, 2.75) is 38.2 Å². The van der Waals surface area contributed by atoms with E-state index in [4.69, 9.17) is 4.74 Å². The van der Waals surface area contributed by atoms with Crippen molar-refractivity contribution in [3.05, 3.63) is 0 Å². The Morgan fingerprint density at radius 2 is 2.45 bits per heavy atom. The van der Waals surface area contributed by atoms with Gasteiger partial charge < -0.3 is 4.74 Å². The summed E-state index contributed by atoms with van der Waals surface area (Å²) in [5.41, 5.74) is -0.320. The minimum atomic E-state index is -0.320. The summed E-state index contributed by atoms with van der Waals surface area (Å²) in [4.78, 5) is 11.4. The number of Topliss-reactive ketones (excluding diaryl/α,β-unsaturated/α-hetero) is 1. The molecule has 0 amide bonds. The lowest BCUT2D eigenvalue weighted by Gasteiger charge is -2.19. The first kappa shape index (κ1) is 7.29.